The van der Waals surface area contributed by atoms with Crippen molar-refractivity contribution >= 4 is 13.6 Å². The van der Waals surface area contributed by atoms with E-state index in [0.29, 0.717) is 26.2 Å². The van der Waals surface area contributed by atoms with E-state index in [0.717, 1.165) is 0 Å². The average molecular weight is 277 g/mol. The molecule has 1 heterocycles. The monoisotopic (exact) mass is 277 g/mol. The Kier molecular flexibility index (Phi) is 5.34. The molecule has 0 saturated carbocycles. The third-order valence-corrected chi connectivity index (χ3v) is 5.76. The number of nitrogens with zero attached hydrogens (tertiary/aromatic N) is 3. The van der Waals surface area contributed by atoms with Crippen LogP contribution in [0.2, 0.25) is 0 Å². The predicted molar refractivity (Wildman–Crippen MR) is 71.3 cm³/mol. The minimum atomic E-state index is -2.90. The van der Waals surface area contributed by atoms with Gasteiger partial charge in [-0.3, -0.25) is 9.36 Å². The normalized spacial score (nSPS) is 21.4. The van der Waals surface area contributed by atoms with Crippen molar-refractivity contribution in [3.8, 4) is 0 Å². The van der Waals surface area contributed by atoms with Crippen molar-refractivity contribution in [2.45, 2.75) is 13.8 Å². The quantitative estimate of drug-likeness (QED) is 0.720. The summed E-state index contributed by atoms with van der Waals surface area (Å²) >= 11 is 0. The van der Waals surface area contributed by atoms with Crippen LogP contribution in [-0.2, 0) is 13.9 Å². The third-order valence-electron chi connectivity index (χ3n) is 3.16. The maximum Gasteiger partial charge on any atom is 0.345 e. The molecular weight excluding hydrogens is 253 g/mol. The van der Waals surface area contributed by atoms with Gasteiger partial charge in [0.25, 0.3) is 0 Å². The lowest BCUT2D eigenvalue weighted by Gasteiger charge is -2.40. The number of hydrogen-bond acceptors (Lipinski definition) is 3. The summed E-state index contributed by atoms with van der Waals surface area (Å²) in [6.45, 7) is 6.18. The van der Waals surface area contributed by atoms with E-state index >= 15 is 0 Å². The van der Waals surface area contributed by atoms with Crippen LogP contribution in [0.4, 0.5) is 0 Å². The first-order valence-electron chi connectivity index (χ1n) is 6.20. The summed E-state index contributed by atoms with van der Waals surface area (Å²) in [6.07, 6.45) is 0. The standard InChI is InChI=1S/C11H24N3O3P/c1-10(2)11(15)13-6-8-14(9-7-13)18(16,17-5)12(3)4/h10H,6-9H2,1-5H3. The maximum absolute atomic E-state index is 12.6. The zero-order valence-electron chi connectivity index (χ0n) is 11.9. The van der Waals surface area contributed by atoms with Crippen LogP contribution in [0.25, 0.3) is 0 Å². The van der Waals surface area contributed by atoms with Gasteiger partial charge in [-0.2, -0.15) is 0 Å². The van der Waals surface area contributed by atoms with Gasteiger partial charge in [-0.15, -0.1) is 0 Å². The Bertz CT molecular complexity index is 338. The summed E-state index contributed by atoms with van der Waals surface area (Å²) in [7, 11) is 2.06. The van der Waals surface area contributed by atoms with Gasteiger partial charge in [0.15, 0.2) is 0 Å². The van der Waals surface area contributed by atoms with Gasteiger partial charge in [-0.1, -0.05) is 13.8 Å². The highest BCUT2D eigenvalue weighted by atomic mass is 31.2. The Hall–Kier alpha value is -0.420. The zero-order valence-corrected chi connectivity index (χ0v) is 12.8. The molecule has 0 N–H and O–H groups in total. The molecule has 1 aliphatic rings. The Morgan fingerprint density at radius 1 is 1.22 bits per heavy atom. The first kappa shape index (κ1) is 15.6. The summed E-state index contributed by atoms with van der Waals surface area (Å²) in [5, 5.41) is 0. The summed E-state index contributed by atoms with van der Waals surface area (Å²) in [5.74, 6) is 0.173. The minimum Gasteiger partial charge on any atom is -0.340 e. The fraction of sp³-hybridized carbons (Fsp3) is 0.909. The number of rotatable bonds is 4. The van der Waals surface area contributed by atoms with Gasteiger partial charge in [0.05, 0.1) is 0 Å². The number of carbonyl (C=O) groups excluding carboxylic acids is 1. The lowest BCUT2D eigenvalue weighted by atomic mass is 10.2. The number of hydrogen-bond donors (Lipinski definition) is 0. The fourth-order valence-corrected chi connectivity index (χ4v) is 3.81. The van der Waals surface area contributed by atoms with Crippen LogP contribution in [0, 0.1) is 5.92 Å². The molecule has 0 aromatic carbocycles. The molecule has 0 spiro atoms. The Labute approximate surface area is 109 Å². The SMILES string of the molecule is COP(=O)(N(C)C)N1CCN(C(=O)C(C)C)CC1. The van der Waals surface area contributed by atoms with E-state index in [1.165, 1.54) is 7.11 Å². The second kappa shape index (κ2) is 6.15. The van der Waals surface area contributed by atoms with Crippen LogP contribution >= 0.6 is 7.67 Å². The van der Waals surface area contributed by atoms with Crippen LogP contribution in [0.15, 0.2) is 0 Å². The molecule has 18 heavy (non-hydrogen) atoms. The summed E-state index contributed by atoms with van der Waals surface area (Å²) in [4.78, 5) is 13.7. The van der Waals surface area contributed by atoms with Gasteiger partial charge in [-0.05, 0) is 14.1 Å². The summed E-state index contributed by atoms with van der Waals surface area (Å²) in [6, 6.07) is 0. The molecule has 1 fully saturated rings. The van der Waals surface area contributed by atoms with Crippen molar-refractivity contribution in [1.29, 1.82) is 0 Å². The van der Waals surface area contributed by atoms with Crippen molar-refractivity contribution in [2.75, 3.05) is 47.4 Å². The van der Waals surface area contributed by atoms with Crippen LogP contribution in [0.1, 0.15) is 13.8 Å². The number of piperazine rings is 1. The van der Waals surface area contributed by atoms with Crippen LogP contribution < -0.4 is 0 Å². The molecule has 0 aromatic heterocycles. The van der Waals surface area contributed by atoms with Gasteiger partial charge < -0.3 is 9.42 Å². The molecule has 1 aliphatic heterocycles. The van der Waals surface area contributed by atoms with Crippen LogP contribution in [0.3, 0.4) is 0 Å². The molecule has 1 rings (SSSR count). The molecule has 106 valence electrons. The Morgan fingerprint density at radius 3 is 2.06 bits per heavy atom. The lowest BCUT2D eigenvalue weighted by molar-refractivity contribution is -0.135. The lowest BCUT2D eigenvalue weighted by Crippen LogP contribution is -2.49. The van der Waals surface area contributed by atoms with E-state index in [1.807, 2.05) is 23.4 Å². The molecule has 0 aromatic rings. The van der Waals surface area contributed by atoms with Gasteiger partial charge in [0.1, 0.15) is 0 Å². The van der Waals surface area contributed by atoms with E-state index in [4.69, 9.17) is 4.52 Å². The average Bonchev–Trinajstić information content (AvgIpc) is 2.36. The second-order valence-electron chi connectivity index (χ2n) is 4.95. The van der Waals surface area contributed by atoms with Crippen molar-refractivity contribution < 1.29 is 13.9 Å². The van der Waals surface area contributed by atoms with E-state index in [9.17, 15) is 9.36 Å². The molecule has 6 nitrogen and oxygen atoms in total. The highest BCUT2D eigenvalue weighted by Gasteiger charge is 2.36. The van der Waals surface area contributed by atoms with Crippen LogP contribution in [0.5, 0.6) is 0 Å². The van der Waals surface area contributed by atoms with Gasteiger partial charge in [0.2, 0.25) is 5.91 Å². The zero-order chi connectivity index (χ0) is 13.9. The fourth-order valence-electron chi connectivity index (χ4n) is 2.07. The number of carbonyl (C=O) groups is 1. The van der Waals surface area contributed by atoms with Gasteiger partial charge in [0, 0.05) is 39.2 Å². The molecule has 1 atom stereocenters. The molecule has 1 saturated heterocycles. The van der Waals surface area contributed by atoms with Crippen LogP contribution in [-0.4, -0.2) is 67.5 Å². The highest BCUT2D eigenvalue weighted by molar-refractivity contribution is 7.53. The highest BCUT2D eigenvalue weighted by Crippen LogP contribution is 2.51. The van der Waals surface area contributed by atoms with Crippen molar-refractivity contribution in [1.82, 2.24) is 14.2 Å². The first-order valence-corrected chi connectivity index (χ1v) is 7.73. The second-order valence-corrected chi connectivity index (χ2v) is 7.67. The summed E-state index contributed by atoms with van der Waals surface area (Å²) < 4.78 is 21.2. The molecular formula is C11H24N3O3P. The molecule has 1 amide bonds. The predicted octanol–water partition coefficient (Wildman–Crippen LogP) is 1.10. The molecule has 7 heteroatoms. The Morgan fingerprint density at radius 2 is 1.72 bits per heavy atom. The van der Waals surface area contributed by atoms with Gasteiger partial charge in [-0.25, -0.2) is 9.34 Å². The smallest absolute Gasteiger partial charge is 0.340 e. The third kappa shape index (κ3) is 3.12. The molecule has 0 radical (unpaired) electrons. The maximum atomic E-state index is 12.6. The van der Waals surface area contributed by atoms with Crippen molar-refractivity contribution in [3.05, 3.63) is 0 Å². The van der Waals surface area contributed by atoms with E-state index < -0.39 is 7.67 Å². The number of amides is 1. The minimum absolute atomic E-state index is 0.0135. The van der Waals surface area contributed by atoms with Crippen molar-refractivity contribution in [2.24, 2.45) is 5.92 Å². The van der Waals surface area contributed by atoms with Crippen molar-refractivity contribution in [3.63, 3.8) is 0 Å². The van der Waals surface area contributed by atoms with E-state index in [-0.39, 0.29) is 11.8 Å². The van der Waals surface area contributed by atoms with E-state index in [2.05, 4.69) is 0 Å². The largest absolute Gasteiger partial charge is 0.345 e. The Balaban J connectivity index is 2.64. The summed E-state index contributed by atoms with van der Waals surface area (Å²) in [5.41, 5.74) is 0. The molecule has 1 unspecified atom stereocenters. The molecule has 0 aliphatic carbocycles. The topological polar surface area (TPSA) is 53.1 Å². The van der Waals surface area contributed by atoms with E-state index in [1.54, 1.807) is 18.8 Å². The van der Waals surface area contributed by atoms with Gasteiger partial charge >= 0.3 is 7.67 Å². The molecule has 0 bridgehead atoms. The first-order chi connectivity index (χ1) is 8.32.